The maximum atomic E-state index is 12.1. The number of nitrogens with one attached hydrogen (secondary N) is 4. The Bertz CT molecular complexity index is 504. The third kappa shape index (κ3) is 3.02. The fourth-order valence-electron chi connectivity index (χ4n) is 3.96. The highest BCUT2D eigenvalue weighted by Gasteiger charge is 2.46. The van der Waals surface area contributed by atoms with Gasteiger partial charge in [-0.05, 0) is 24.8 Å². The molecule has 0 spiro atoms. The number of aromatic nitrogens is 2. The number of H-pyrrole nitrogens is 1. The number of nitrogens with zero attached hydrogens (tertiary/aromatic N) is 2. The summed E-state index contributed by atoms with van der Waals surface area (Å²) in [6, 6.07) is 0.164. The van der Waals surface area contributed by atoms with E-state index < -0.39 is 0 Å². The molecule has 22 heavy (non-hydrogen) atoms. The third-order valence-electron chi connectivity index (χ3n) is 5.07. The first kappa shape index (κ1) is 15.5. The highest BCUT2D eigenvalue weighted by molar-refractivity contribution is 5.79. The van der Waals surface area contributed by atoms with Gasteiger partial charge in [-0.1, -0.05) is 6.92 Å². The van der Waals surface area contributed by atoms with Crippen LogP contribution in [0.25, 0.3) is 0 Å². The maximum absolute atomic E-state index is 12.1. The lowest BCUT2D eigenvalue weighted by molar-refractivity contribution is -0.125. The highest BCUT2D eigenvalue weighted by atomic mass is 16.1. The molecule has 1 aromatic rings. The largest absolute Gasteiger partial charge is 0.359 e. The van der Waals surface area contributed by atoms with Crippen LogP contribution in [0.3, 0.4) is 0 Å². The Morgan fingerprint density at radius 2 is 2.45 bits per heavy atom. The number of aromatic amines is 1. The monoisotopic (exact) mass is 306 g/mol. The number of piperidine rings is 1. The highest BCUT2D eigenvalue weighted by Crippen LogP contribution is 2.37. The number of likely N-dealkylation sites (tertiary alicyclic amines) is 1. The van der Waals surface area contributed by atoms with E-state index in [1.165, 1.54) is 0 Å². The molecule has 4 N–H and O–H groups in total. The average Bonchev–Trinajstić information content (AvgIpc) is 3.17. The zero-order valence-electron chi connectivity index (χ0n) is 13.4. The van der Waals surface area contributed by atoms with Crippen LogP contribution in [-0.2, 0) is 11.3 Å². The normalized spacial score (nSPS) is 33.0. The standard InChI is InChI=1S/C15H26N6O/c1-15(13-12(7-19-20-13)14(22)16-2)4-3-5-21(9-15)8-11-6-17-10-18-11/h6,10,12-13,19-20H,3-5,7-9H2,1-2H3,(H,16,22)(H,17,18). The van der Waals surface area contributed by atoms with Crippen molar-refractivity contribution in [2.24, 2.45) is 11.3 Å². The molecule has 7 heteroatoms. The van der Waals surface area contributed by atoms with Crippen molar-refractivity contribution in [3.05, 3.63) is 18.2 Å². The van der Waals surface area contributed by atoms with Crippen molar-refractivity contribution >= 4 is 5.91 Å². The van der Waals surface area contributed by atoms with Gasteiger partial charge in [0.1, 0.15) is 0 Å². The summed E-state index contributed by atoms with van der Waals surface area (Å²) in [6.07, 6.45) is 5.90. The van der Waals surface area contributed by atoms with Gasteiger partial charge in [0.2, 0.25) is 5.91 Å². The van der Waals surface area contributed by atoms with Crippen molar-refractivity contribution in [1.82, 2.24) is 31.0 Å². The molecule has 3 rings (SSSR count). The first-order valence-corrected chi connectivity index (χ1v) is 8.02. The Morgan fingerprint density at radius 3 is 3.18 bits per heavy atom. The number of carbonyl (C=O) groups is 1. The van der Waals surface area contributed by atoms with E-state index in [1.807, 2.05) is 6.20 Å². The average molecular weight is 306 g/mol. The van der Waals surface area contributed by atoms with Gasteiger partial charge < -0.3 is 10.3 Å². The molecule has 0 aliphatic carbocycles. The molecule has 2 fully saturated rings. The minimum absolute atomic E-state index is 0.0119. The zero-order valence-corrected chi connectivity index (χ0v) is 13.4. The van der Waals surface area contributed by atoms with E-state index in [2.05, 4.69) is 38.0 Å². The number of rotatable bonds is 4. The lowest BCUT2D eigenvalue weighted by Crippen LogP contribution is -2.55. The molecule has 0 saturated carbocycles. The Labute approximate surface area is 131 Å². The molecule has 2 aliphatic rings. The number of hydrazine groups is 1. The summed E-state index contributed by atoms with van der Waals surface area (Å²) >= 11 is 0. The molecule has 3 heterocycles. The number of hydrogen-bond donors (Lipinski definition) is 4. The fraction of sp³-hybridized carbons (Fsp3) is 0.733. The fourth-order valence-corrected chi connectivity index (χ4v) is 3.96. The molecule has 1 aromatic heterocycles. The summed E-state index contributed by atoms with van der Waals surface area (Å²) in [5, 5.41) is 2.79. The van der Waals surface area contributed by atoms with Gasteiger partial charge in [-0.25, -0.2) is 4.98 Å². The summed E-state index contributed by atoms with van der Waals surface area (Å²) in [5.74, 6) is 0.108. The molecule has 3 unspecified atom stereocenters. The zero-order chi connectivity index (χ0) is 15.6. The minimum Gasteiger partial charge on any atom is -0.359 e. The molecule has 122 valence electrons. The number of carbonyl (C=O) groups excluding carboxylic acids is 1. The quantitative estimate of drug-likeness (QED) is 0.622. The summed E-state index contributed by atoms with van der Waals surface area (Å²) in [5.41, 5.74) is 7.75. The van der Waals surface area contributed by atoms with Crippen LogP contribution in [0, 0.1) is 11.3 Å². The van der Waals surface area contributed by atoms with Crippen molar-refractivity contribution < 1.29 is 4.79 Å². The number of hydrogen-bond acceptors (Lipinski definition) is 5. The van der Waals surface area contributed by atoms with Gasteiger partial charge in [0.15, 0.2) is 0 Å². The lowest BCUT2D eigenvalue weighted by Gasteiger charge is -2.45. The second-order valence-electron chi connectivity index (χ2n) is 6.77. The molecule has 0 radical (unpaired) electrons. The Kier molecular flexibility index (Phi) is 4.46. The van der Waals surface area contributed by atoms with E-state index in [0.717, 1.165) is 38.2 Å². The summed E-state index contributed by atoms with van der Waals surface area (Å²) in [6.45, 7) is 5.96. The van der Waals surface area contributed by atoms with Crippen LogP contribution >= 0.6 is 0 Å². The smallest absolute Gasteiger partial charge is 0.225 e. The van der Waals surface area contributed by atoms with Crippen LogP contribution in [0.1, 0.15) is 25.5 Å². The van der Waals surface area contributed by atoms with Gasteiger partial charge in [0.05, 0.1) is 12.2 Å². The van der Waals surface area contributed by atoms with Crippen molar-refractivity contribution in [2.45, 2.75) is 32.4 Å². The minimum atomic E-state index is -0.0119. The van der Waals surface area contributed by atoms with Gasteiger partial charge in [-0.2, -0.15) is 0 Å². The summed E-state index contributed by atoms with van der Waals surface area (Å²) < 4.78 is 0. The van der Waals surface area contributed by atoms with Crippen molar-refractivity contribution in [2.75, 3.05) is 26.7 Å². The number of imidazole rings is 1. The third-order valence-corrected chi connectivity index (χ3v) is 5.07. The summed E-state index contributed by atoms with van der Waals surface area (Å²) in [4.78, 5) is 21.8. The molecular weight excluding hydrogens is 280 g/mol. The lowest BCUT2D eigenvalue weighted by atomic mass is 9.71. The number of amides is 1. The Balaban J connectivity index is 1.69. The van der Waals surface area contributed by atoms with Gasteiger partial charge in [0, 0.05) is 44.6 Å². The molecule has 7 nitrogen and oxygen atoms in total. The predicted molar refractivity (Wildman–Crippen MR) is 83.7 cm³/mol. The van der Waals surface area contributed by atoms with E-state index in [4.69, 9.17) is 0 Å². The molecule has 2 saturated heterocycles. The van der Waals surface area contributed by atoms with Crippen LogP contribution in [0.15, 0.2) is 12.5 Å². The SMILES string of the molecule is CNC(=O)C1CNNC1C1(C)CCCN(Cc2cnc[nH]2)C1. The van der Waals surface area contributed by atoms with E-state index in [1.54, 1.807) is 13.4 Å². The van der Waals surface area contributed by atoms with Crippen LogP contribution < -0.4 is 16.2 Å². The molecule has 1 amide bonds. The molecule has 0 bridgehead atoms. The second kappa shape index (κ2) is 6.36. The van der Waals surface area contributed by atoms with Gasteiger partial charge >= 0.3 is 0 Å². The molecule has 3 atom stereocenters. The predicted octanol–water partition coefficient (Wildman–Crippen LogP) is -0.150. The van der Waals surface area contributed by atoms with E-state index in [9.17, 15) is 4.79 Å². The van der Waals surface area contributed by atoms with Crippen LogP contribution in [0.2, 0.25) is 0 Å². The van der Waals surface area contributed by atoms with Crippen molar-refractivity contribution in [3.8, 4) is 0 Å². The van der Waals surface area contributed by atoms with Crippen LogP contribution in [0.4, 0.5) is 0 Å². The van der Waals surface area contributed by atoms with Gasteiger partial charge in [-0.3, -0.25) is 20.5 Å². The first-order chi connectivity index (χ1) is 10.6. The van der Waals surface area contributed by atoms with Crippen LogP contribution in [-0.4, -0.2) is 53.5 Å². The van der Waals surface area contributed by atoms with Crippen molar-refractivity contribution in [1.29, 1.82) is 0 Å². The molecule has 0 aromatic carbocycles. The van der Waals surface area contributed by atoms with Crippen molar-refractivity contribution in [3.63, 3.8) is 0 Å². The summed E-state index contributed by atoms with van der Waals surface area (Å²) in [7, 11) is 1.71. The van der Waals surface area contributed by atoms with E-state index >= 15 is 0 Å². The van der Waals surface area contributed by atoms with E-state index in [-0.39, 0.29) is 23.3 Å². The molecule has 2 aliphatic heterocycles. The molecular formula is C15H26N6O. The van der Waals surface area contributed by atoms with E-state index in [0.29, 0.717) is 6.54 Å². The topological polar surface area (TPSA) is 85.1 Å². The maximum Gasteiger partial charge on any atom is 0.225 e. The first-order valence-electron chi connectivity index (χ1n) is 8.02. The van der Waals surface area contributed by atoms with Gasteiger partial charge in [0.25, 0.3) is 0 Å². The Morgan fingerprint density at radius 1 is 1.59 bits per heavy atom. The van der Waals surface area contributed by atoms with Gasteiger partial charge in [-0.15, -0.1) is 0 Å². The second-order valence-corrected chi connectivity index (χ2v) is 6.77. The van der Waals surface area contributed by atoms with Crippen LogP contribution in [0.5, 0.6) is 0 Å². The Hall–Kier alpha value is -1.44.